The van der Waals surface area contributed by atoms with Gasteiger partial charge in [-0.25, -0.2) is 9.97 Å². The van der Waals surface area contributed by atoms with E-state index in [2.05, 4.69) is 28.3 Å². The number of aryl methyl sites for hydroxylation is 2. The van der Waals surface area contributed by atoms with Gasteiger partial charge in [0, 0.05) is 24.5 Å². The Balaban J connectivity index is 1.99. The smallest absolute Gasteiger partial charge is 0.212 e. The zero-order valence-corrected chi connectivity index (χ0v) is 10.9. The molecule has 0 saturated heterocycles. The summed E-state index contributed by atoms with van der Waals surface area (Å²) in [7, 11) is 1.61. The molecule has 0 fully saturated rings. The molecule has 0 amide bonds. The number of aromatic nitrogens is 2. The van der Waals surface area contributed by atoms with Crippen molar-refractivity contribution in [2.45, 2.75) is 20.4 Å². The van der Waals surface area contributed by atoms with Gasteiger partial charge >= 0.3 is 0 Å². The third kappa shape index (κ3) is 2.97. The Morgan fingerprint density at radius 3 is 2.61 bits per heavy atom. The molecular formula is C14H17N3O. The molecule has 4 heteroatoms. The summed E-state index contributed by atoms with van der Waals surface area (Å²) in [6.07, 6.45) is 1.80. The minimum atomic E-state index is 0.628. The van der Waals surface area contributed by atoms with Gasteiger partial charge in [0.25, 0.3) is 0 Å². The first-order valence-electron chi connectivity index (χ1n) is 5.86. The second-order valence-corrected chi connectivity index (χ2v) is 4.16. The van der Waals surface area contributed by atoms with Crippen molar-refractivity contribution in [1.29, 1.82) is 0 Å². The number of pyridine rings is 2. The highest BCUT2D eigenvalue weighted by Crippen LogP contribution is 2.11. The van der Waals surface area contributed by atoms with Crippen molar-refractivity contribution in [1.82, 2.24) is 9.97 Å². The summed E-state index contributed by atoms with van der Waals surface area (Å²) in [6, 6.07) is 7.89. The van der Waals surface area contributed by atoms with E-state index in [1.165, 1.54) is 5.56 Å². The second kappa shape index (κ2) is 5.49. The lowest BCUT2D eigenvalue weighted by Gasteiger charge is -2.08. The predicted octanol–water partition coefficient (Wildman–Crippen LogP) is 2.71. The van der Waals surface area contributed by atoms with Gasteiger partial charge in [-0.3, -0.25) is 0 Å². The highest BCUT2D eigenvalue weighted by Gasteiger charge is 1.99. The van der Waals surface area contributed by atoms with Gasteiger partial charge in [-0.05, 0) is 31.0 Å². The summed E-state index contributed by atoms with van der Waals surface area (Å²) in [6.45, 7) is 4.77. The number of hydrogen-bond acceptors (Lipinski definition) is 4. The Bertz CT molecular complexity index is 523. The molecule has 4 nitrogen and oxygen atoms in total. The van der Waals surface area contributed by atoms with E-state index in [-0.39, 0.29) is 0 Å². The Hall–Kier alpha value is -2.10. The fourth-order valence-corrected chi connectivity index (χ4v) is 1.56. The average Bonchev–Trinajstić information content (AvgIpc) is 2.41. The molecule has 0 aromatic carbocycles. The summed E-state index contributed by atoms with van der Waals surface area (Å²) in [5.74, 6) is 1.51. The van der Waals surface area contributed by atoms with Gasteiger partial charge in [0.05, 0.1) is 7.11 Å². The average molecular weight is 243 g/mol. The number of rotatable bonds is 4. The van der Waals surface area contributed by atoms with Crippen molar-refractivity contribution >= 4 is 5.82 Å². The van der Waals surface area contributed by atoms with Crippen molar-refractivity contribution in [2.75, 3.05) is 12.4 Å². The van der Waals surface area contributed by atoms with Crippen LogP contribution in [0.1, 0.15) is 16.8 Å². The molecule has 2 aromatic rings. The number of ether oxygens (including phenoxy) is 1. The summed E-state index contributed by atoms with van der Waals surface area (Å²) >= 11 is 0. The minimum absolute atomic E-state index is 0.628. The first-order chi connectivity index (χ1) is 8.69. The molecule has 0 saturated carbocycles. The zero-order chi connectivity index (χ0) is 13.0. The Labute approximate surface area is 107 Å². The van der Waals surface area contributed by atoms with Crippen molar-refractivity contribution in [3.8, 4) is 5.88 Å². The third-order valence-electron chi connectivity index (χ3n) is 2.83. The summed E-state index contributed by atoms with van der Waals surface area (Å²) in [5.41, 5.74) is 3.34. The van der Waals surface area contributed by atoms with E-state index >= 15 is 0 Å². The molecule has 2 heterocycles. The molecule has 2 aromatic heterocycles. The Kier molecular flexibility index (Phi) is 3.77. The second-order valence-electron chi connectivity index (χ2n) is 4.16. The SMILES string of the molecule is COc1ccc(CNc2ccc(C)c(C)n2)cn1. The first kappa shape index (κ1) is 12.4. The van der Waals surface area contributed by atoms with E-state index in [1.807, 2.05) is 25.1 Å². The molecule has 0 aliphatic carbocycles. The van der Waals surface area contributed by atoms with Gasteiger partial charge in [0.1, 0.15) is 5.82 Å². The summed E-state index contributed by atoms with van der Waals surface area (Å²) < 4.78 is 5.02. The lowest BCUT2D eigenvalue weighted by Crippen LogP contribution is -2.03. The van der Waals surface area contributed by atoms with E-state index in [1.54, 1.807) is 13.3 Å². The molecule has 0 aliphatic rings. The number of anilines is 1. The van der Waals surface area contributed by atoms with E-state index in [4.69, 9.17) is 4.74 Å². The van der Waals surface area contributed by atoms with Crippen LogP contribution in [0.5, 0.6) is 5.88 Å². The molecule has 1 N–H and O–H groups in total. The van der Waals surface area contributed by atoms with Crippen LogP contribution < -0.4 is 10.1 Å². The fourth-order valence-electron chi connectivity index (χ4n) is 1.56. The largest absolute Gasteiger partial charge is 0.481 e. The first-order valence-corrected chi connectivity index (χ1v) is 5.86. The number of methoxy groups -OCH3 is 1. The fraction of sp³-hybridized carbons (Fsp3) is 0.286. The van der Waals surface area contributed by atoms with Crippen LogP contribution in [0.15, 0.2) is 30.5 Å². The third-order valence-corrected chi connectivity index (χ3v) is 2.83. The number of nitrogens with zero attached hydrogens (tertiary/aromatic N) is 2. The summed E-state index contributed by atoms with van der Waals surface area (Å²) in [5, 5.41) is 3.27. The Morgan fingerprint density at radius 1 is 1.17 bits per heavy atom. The number of nitrogens with one attached hydrogen (secondary N) is 1. The van der Waals surface area contributed by atoms with Gasteiger partial charge in [-0.2, -0.15) is 0 Å². The predicted molar refractivity (Wildman–Crippen MR) is 71.8 cm³/mol. The molecule has 94 valence electrons. The quantitative estimate of drug-likeness (QED) is 0.897. The van der Waals surface area contributed by atoms with E-state index in [0.29, 0.717) is 12.4 Å². The van der Waals surface area contributed by atoms with Crippen LogP contribution in [-0.4, -0.2) is 17.1 Å². The molecule has 0 unspecified atom stereocenters. The molecule has 0 spiro atoms. The Morgan fingerprint density at radius 2 is 2.00 bits per heavy atom. The van der Waals surface area contributed by atoms with E-state index in [9.17, 15) is 0 Å². The maximum atomic E-state index is 5.02. The van der Waals surface area contributed by atoms with Crippen LogP contribution in [0.3, 0.4) is 0 Å². The lowest BCUT2D eigenvalue weighted by molar-refractivity contribution is 0.397. The van der Waals surface area contributed by atoms with Gasteiger partial charge < -0.3 is 10.1 Å². The van der Waals surface area contributed by atoms with Gasteiger partial charge in [-0.15, -0.1) is 0 Å². The minimum Gasteiger partial charge on any atom is -0.481 e. The van der Waals surface area contributed by atoms with E-state index < -0.39 is 0 Å². The van der Waals surface area contributed by atoms with Gasteiger partial charge in [0.15, 0.2) is 0 Å². The normalized spacial score (nSPS) is 10.2. The summed E-state index contributed by atoms with van der Waals surface area (Å²) in [4.78, 5) is 8.62. The zero-order valence-electron chi connectivity index (χ0n) is 10.9. The van der Waals surface area contributed by atoms with Crippen molar-refractivity contribution < 1.29 is 4.74 Å². The van der Waals surface area contributed by atoms with E-state index in [0.717, 1.165) is 17.1 Å². The van der Waals surface area contributed by atoms with Gasteiger partial charge in [0.2, 0.25) is 5.88 Å². The topological polar surface area (TPSA) is 47.0 Å². The molecule has 2 rings (SSSR count). The maximum Gasteiger partial charge on any atom is 0.212 e. The molecule has 18 heavy (non-hydrogen) atoms. The molecule has 0 aliphatic heterocycles. The monoisotopic (exact) mass is 243 g/mol. The van der Waals surface area contributed by atoms with Gasteiger partial charge in [-0.1, -0.05) is 12.1 Å². The molecule has 0 radical (unpaired) electrons. The molecule has 0 atom stereocenters. The van der Waals surface area contributed by atoms with Crippen LogP contribution in [0.25, 0.3) is 0 Å². The highest BCUT2D eigenvalue weighted by molar-refractivity contribution is 5.38. The molecule has 0 bridgehead atoms. The van der Waals surface area contributed by atoms with Crippen LogP contribution >= 0.6 is 0 Å². The molecular weight excluding hydrogens is 226 g/mol. The van der Waals surface area contributed by atoms with Crippen molar-refractivity contribution in [3.05, 3.63) is 47.3 Å². The van der Waals surface area contributed by atoms with Crippen molar-refractivity contribution in [3.63, 3.8) is 0 Å². The van der Waals surface area contributed by atoms with Crippen LogP contribution in [0.2, 0.25) is 0 Å². The lowest BCUT2D eigenvalue weighted by atomic mass is 10.2. The van der Waals surface area contributed by atoms with Crippen molar-refractivity contribution in [2.24, 2.45) is 0 Å². The van der Waals surface area contributed by atoms with Crippen LogP contribution in [-0.2, 0) is 6.54 Å². The number of hydrogen-bond donors (Lipinski definition) is 1. The maximum absolute atomic E-state index is 5.02. The van der Waals surface area contributed by atoms with Crippen LogP contribution in [0, 0.1) is 13.8 Å². The van der Waals surface area contributed by atoms with Crippen LogP contribution in [0.4, 0.5) is 5.82 Å². The highest BCUT2D eigenvalue weighted by atomic mass is 16.5. The standard InChI is InChI=1S/C14H17N3O/c1-10-4-6-13(17-11(10)2)15-8-12-5-7-14(18-3)16-9-12/h4-7,9H,8H2,1-3H3,(H,15,17).